The van der Waals surface area contributed by atoms with E-state index in [1.54, 1.807) is 6.92 Å². The monoisotopic (exact) mass is 194 g/mol. The van der Waals surface area contributed by atoms with Crippen molar-refractivity contribution in [3.63, 3.8) is 0 Å². The standard InChI is InChI=1S/C11H14O3/c1-2-14-10(11(12)13)8-9-6-4-3-5-7-9/h3-7,10H,2,8H2,1H3,(H,12,13). The first-order chi connectivity index (χ1) is 6.74. The summed E-state index contributed by atoms with van der Waals surface area (Å²) in [7, 11) is 0. The molecule has 0 saturated carbocycles. The minimum absolute atomic E-state index is 0.420. The van der Waals surface area contributed by atoms with Crippen LogP contribution in [0.3, 0.4) is 0 Å². The maximum Gasteiger partial charge on any atom is 0.333 e. The van der Waals surface area contributed by atoms with Crippen LogP contribution in [-0.4, -0.2) is 23.8 Å². The molecule has 0 spiro atoms. The van der Waals surface area contributed by atoms with Gasteiger partial charge in [0.1, 0.15) is 0 Å². The average molecular weight is 194 g/mol. The molecule has 1 atom stereocenters. The topological polar surface area (TPSA) is 46.5 Å². The highest BCUT2D eigenvalue weighted by molar-refractivity contribution is 5.72. The summed E-state index contributed by atoms with van der Waals surface area (Å²) in [5, 5.41) is 8.84. The number of carboxylic acid groups (broad SMARTS) is 1. The van der Waals surface area contributed by atoms with Gasteiger partial charge in [-0.25, -0.2) is 4.79 Å². The Morgan fingerprint density at radius 1 is 1.43 bits per heavy atom. The van der Waals surface area contributed by atoms with E-state index in [9.17, 15) is 4.79 Å². The van der Waals surface area contributed by atoms with E-state index in [0.717, 1.165) is 5.56 Å². The predicted octanol–water partition coefficient (Wildman–Crippen LogP) is 1.72. The van der Waals surface area contributed by atoms with Crippen molar-refractivity contribution in [3.8, 4) is 0 Å². The highest BCUT2D eigenvalue weighted by Gasteiger charge is 2.17. The lowest BCUT2D eigenvalue weighted by Gasteiger charge is -2.11. The zero-order valence-electron chi connectivity index (χ0n) is 8.14. The smallest absolute Gasteiger partial charge is 0.333 e. The van der Waals surface area contributed by atoms with E-state index in [1.165, 1.54) is 0 Å². The third-order valence-electron chi connectivity index (χ3n) is 1.91. The van der Waals surface area contributed by atoms with E-state index >= 15 is 0 Å². The van der Waals surface area contributed by atoms with Crippen molar-refractivity contribution in [2.45, 2.75) is 19.4 Å². The summed E-state index contributed by atoms with van der Waals surface area (Å²) in [6.07, 6.45) is -0.313. The van der Waals surface area contributed by atoms with E-state index in [2.05, 4.69) is 0 Å². The van der Waals surface area contributed by atoms with Crippen LogP contribution in [0.5, 0.6) is 0 Å². The Hall–Kier alpha value is -1.35. The van der Waals surface area contributed by atoms with Crippen molar-refractivity contribution in [3.05, 3.63) is 35.9 Å². The lowest BCUT2D eigenvalue weighted by atomic mass is 10.1. The maximum absolute atomic E-state index is 10.8. The van der Waals surface area contributed by atoms with Gasteiger partial charge in [0, 0.05) is 13.0 Å². The Morgan fingerprint density at radius 2 is 2.07 bits per heavy atom. The lowest BCUT2D eigenvalue weighted by Crippen LogP contribution is -2.26. The van der Waals surface area contributed by atoms with Crippen LogP contribution in [0, 0.1) is 0 Å². The van der Waals surface area contributed by atoms with Crippen molar-refractivity contribution >= 4 is 5.97 Å². The molecular formula is C11H14O3. The summed E-state index contributed by atoms with van der Waals surface area (Å²) in [6.45, 7) is 2.21. The minimum atomic E-state index is -0.907. The summed E-state index contributed by atoms with van der Waals surface area (Å²) in [6, 6.07) is 9.48. The Kier molecular flexibility index (Phi) is 4.13. The molecule has 0 heterocycles. The van der Waals surface area contributed by atoms with Crippen molar-refractivity contribution in [1.82, 2.24) is 0 Å². The van der Waals surface area contributed by atoms with Crippen LogP contribution >= 0.6 is 0 Å². The lowest BCUT2D eigenvalue weighted by molar-refractivity contribution is -0.149. The van der Waals surface area contributed by atoms with Crippen LogP contribution in [0.15, 0.2) is 30.3 Å². The van der Waals surface area contributed by atoms with Crippen molar-refractivity contribution in [2.24, 2.45) is 0 Å². The molecule has 1 aromatic rings. The van der Waals surface area contributed by atoms with Gasteiger partial charge in [0.05, 0.1) is 0 Å². The van der Waals surface area contributed by atoms with Gasteiger partial charge in [-0.3, -0.25) is 0 Å². The second kappa shape index (κ2) is 5.40. The molecule has 3 nitrogen and oxygen atoms in total. The molecule has 1 N–H and O–H groups in total. The van der Waals surface area contributed by atoms with Gasteiger partial charge in [-0.05, 0) is 12.5 Å². The van der Waals surface area contributed by atoms with Crippen molar-refractivity contribution in [2.75, 3.05) is 6.61 Å². The van der Waals surface area contributed by atoms with Crippen LogP contribution in [-0.2, 0) is 16.0 Å². The van der Waals surface area contributed by atoms with Gasteiger partial charge < -0.3 is 9.84 Å². The molecule has 0 aliphatic heterocycles. The highest BCUT2D eigenvalue weighted by Crippen LogP contribution is 2.06. The van der Waals surface area contributed by atoms with E-state index < -0.39 is 12.1 Å². The Bertz CT molecular complexity index is 282. The summed E-state index contributed by atoms with van der Waals surface area (Å²) in [5.74, 6) is -0.907. The number of benzene rings is 1. The minimum Gasteiger partial charge on any atom is -0.479 e. The van der Waals surface area contributed by atoms with Crippen LogP contribution in [0.2, 0.25) is 0 Å². The molecule has 0 aliphatic carbocycles. The number of carboxylic acids is 1. The number of hydrogen-bond acceptors (Lipinski definition) is 2. The van der Waals surface area contributed by atoms with Gasteiger partial charge in [-0.1, -0.05) is 30.3 Å². The molecular weight excluding hydrogens is 180 g/mol. The zero-order chi connectivity index (χ0) is 10.4. The van der Waals surface area contributed by atoms with Gasteiger partial charge >= 0.3 is 5.97 Å². The van der Waals surface area contributed by atoms with E-state index in [-0.39, 0.29) is 0 Å². The maximum atomic E-state index is 10.8. The van der Waals surface area contributed by atoms with Gasteiger partial charge in [0.25, 0.3) is 0 Å². The first-order valence-electron chi connectivity index (χ1n) is 4.62. The summed E-state index contributed by atoms with van der Waals surface area (Å²) < 4.78 is 5.11. The van der Waals surface area contributed by atoms with Crippen LogP contribution in [0.4, 0.5) is 0 Å². The third kappa shape index (κ3) is 3.18. The van der Waals surface area contributed by atoms with E-state index in [4.69, 9.17) is 9.84 Å². The molecule has 0 aromatic heterocycles. The molecule has 0 amide bonds. The average Bonchev–Trinajstić information content (AvgIpc) is 2.18. The number of aliphatic carboxylic acids is 1. The number of rotatable bonds is 5. The molecule has 14 heavy (non-hydrogen) atoms. The fourth-order valence-corrected chi connectivity index (χ4v) is 1.25. The van der Waals surface area contributed by atoms with Crippen LogP contribution in [0.25, 0.3) is 0 Å². The van der Waals surface area contributed by atoms with Crippen LogP contribution in [0.1, 0.15) is 12.5 Å². The normalized spacial score (nSPS) is 12.4. The van der Waals surface area contributed by atoms with E-state index in [0.29, 0.717) is 13.0 Å². The number of carbonyl (C=O) groups is 1. The molecule has 1 rings (SSSR count). The van der Waals surface area contributed by atoms with Crippen LogP contribution < -0.4 is 0 Å². The molecule has 1 aromatic carbocycles. The van der Waals surface area contributed by atoms with Gasteiger partial charge in [-0.2, -0.15) is 0 Å². The second-order valence-electron chi connectivity index (χ2n) is 2.97. The second-order valence-corrected chi connectivity index (χ2v) is 2.97. The van der Waals surface area contributed by atoms with Gasteiger partial charge in [-0.15, -0.1) is 0 Å². The predicted molar refractivity (Wildman–Crippen MR) is 53.2 cm³/mol. The van der Waals surface area contributed by atoms with Gasteiger partial charge in [0.15, 0.2) is 6.10 Å². The molecule has 1 unspecified atom stereocenters. The largest absolute Gasteiger partial charge is 0.479 e. The summed E-state index contributed by atoms with van der Waals surface area (Å²) >= 11 is 0. The number of ether oxygens (including phenoxy) is 1. The molecule has 0 radical (unpaired) electrons. The Balaban J connectivity index is 2.60. The highest BCUT2D eigenvalue weighted by atomic mass is 16.5. The van der Waals surface area contributed by atoms with E-state index in [1.807, 2.05) is 30.3 Å². The molecule has 76 valence electrons. The summed E-state index contributed by atoms with van der Waals surface area (Å²) in [4.78, 5) is 10.8. The molecule has 0 bridgehead atoms. The third-order valence-corrected chi connectivity index (χ3v) is 1.91. The van der Waals surface area contributed by atoms with Crippen molar-refractivity contribution < 1.29 is 14.6 Å². The summed E-state index contributed by atoms with van der Waals surface area (Å²) in [5.41, 5.74) is 0.980. The first kappa shape index (κ1) is 10.7. The first-order valence-corrected chi connectivity index (χ1v) is 4.62. The van der Waals surface area contributed by atoms with Gasteiger partial charge in [0.2, 0.25) is 0 Å². The number of hydrogen-bond donors (Lipinski definition) is 1. The zero-order valence-corrected chi connectivity index (χ0v) is 8.14. The molecule has 0 saturated heterocycles. The molecule has 0 aliphatic rings. The fraction of sp³-hybridized carbons (Fsp3) is 0.364. The van der Waals surface area contributed by atoms with Crippen molar-refractivity contribution in [1.29, 1.82) is 0 Å². The molecule has 0 fully saturated rings. The Labute approximate surface area is 83.3 Å². The Morgan fingerprint density at radius 3 is 2.57 bits per heavy atom. The SMILES string of the molecule is CCOC(Cc1ccccc1)C(=O)O. The quantitative estimate of drug-likeness (QED) is 0.776. The molecule has 3 heteroatoms. The fourth-order valence-electron chi connectivity index (χ4n) is 1.25.